The number of hydrogen-bond acceptors (Lipinski definition) is 4. The van der Waals surface area contributed by atoms with E-state index in [4.69, 9.17) is 5.73 Å². The molecule has 2 N–H and O–H groups in total. The molecule has 1 heterocycles. The van der Waals surface area contributed by atoms with E-state index in [2.05, 4.69) is 18.9 Å². The topological polar surface area (TPSA) is 81.2 Å². The maximum absolute atomic E-state index is 12.9. The van der Waals surface area contributed by atoms with E-state index in [0.29, 0.717) is 35.5 Å². The van der Waals surface area contributed by atoms with Gasteiger partial charge < -0.3 is 10.6 Å². The lowest BCUT2D eigenvalue weighted by atomic mass is 9.75. The highest BCUT2D eigenvalue weighted by Crippen LogP contribution is 2.37. The van der Waals surface area contributed by atoms with E-state index < -0.39 is 0 Å². The average molecular weight is 417 g/mol. The van der Waals surface area contributed by atoms with Gasteiger partial charge in [-0.2, -0.15) is 5.10 Å². The van der Waals surface area contributed by atoms with Crippen LogP contribution in [0.2, 0.25) is 0 Å². The van der Waals surface area contributed by atoms with Gasteiger partial charge in [0, 0.05) is 25.6 Å². The molecule has 0 saturated heterocycles. The summed E-state index contributed by atoms with van der Waals surface area (Å²) in [6, 6.07) is 15.1. The molecule has 0 atom stereocenters. The van der Waals surface area contributed by atoms with E-state index in [-0.39, 0.29) is 17.1 Å². The molecule has 0 radical (unpaired) electrons. The summed E-state index contributed by atoms with van der Waals surface area (Å²) < 4.78 is 1.78. The normalized spacial score (nSPS) is 14.9. The minimum atomic E-state index is -0.126. The molecular weight excluding hydrogens is 388 g/mol. The molecule has 4 rings (SSSR count). The van der Waals surface area contributed by atoms with Crippen molar-refractivity contribution in [2.24, 2.45) is 5.41 Å². The number of aromatic nitrogens is 2. The average Bonchev–Trinajstić information content (AvgIpc) is 3.03. The number of carbonyl (C=O) groups excluding carboxylic acids is 2. The van der Waals surface area contributed by atoms with Gasteiger partial charge in [-0.05, 0) is 42.5 Å². The Hall–Kier alpha value is -3.41. The first-order valence-corrected chi connectivity index (χ1v) is 10.5. The largest absolute Gasteiger partial charge is 0.397 e. The van der Waals surface area contributed by atoms with E-state index in [9.17, 15) is 9.59 Å². The quantitative estimate of drug-likeness (QED) is 0.647. The van der Waals surface area contributed by atoms with Gasteiger partial charge in [0.1, 0.15) is 0 Å². The predicted molar refractivity (Wildman–Crippen MR) is 121 cm³/mol. The highest BCUT2D eigenvalue weighted by Gasteiger charge is 2.36. The van der Waals surface area contributed by atoms with E-state index in [1.807, 2.05) is 43.3 Å². The fourth-order valence-electron chi connectivity index (χ4n) is 4.37. The van der Waals surface area contributed by atoms with Gasteiger partial charge in [0.15, 0.2) is 5.78 Å². The monoisotopic (exact) mass is 416 g/mol. The van der Waals surface area contributed by atoms with Crippen LogP contribution in [0.15, 0.2) is 48.5 Å². The molecule has 0 aliphatic heterocycles. The molecule has 31 heavy (non-hydrogen) atoms. The second-order valence-electron chi connectivity index (χ2n) is 9.18. The zero-order valence-corrected chi connectivity index (χ0v) is 18.5. The minimum absolute atomic E-state index is 0.0999. The number of nitrogen functional groups attached to an aromatic ring is 1. The van der Waals surface area contributed by atoms with Gasteiger partial charge in [-0.25, -0.2) is 4.68 Å². The number of anilines is 1. The standard InChI is InChI=1S/C25H28N4O2/c1-16-23-21(13-25(2,3)14-22(23)30)29(27-16)20-11-10-18(12-19(20)26)24(31)28(4)15-17-8-6-5-7-9-17/h5-12H,13-15,26H2,1-4H3. The van der Waals surface area contributed by atoms with Gasteiger partial charge in [-0.3, -0.25) is 9.59 Å². The zero-order chi connectivity index (χ0) is 22.3. The Labute approximate surface area is 182 Å². The molecule has 0 unspecified atom stereocenters. The molecule has 1 aliphatic rings. The molecule has 1 aromatic heterocycles. The first kappa shape index (κ1) is 20.8. The summed E-state index contributed by atoms with van der Waals surface area (Å²) in [5, 5.41) is 4.63. The highest BCUT2D eigenvalue weighted by molar-refractivity contribution is 6.00. The van der Waals surface area contributed by atoms with Crippen LogP contribution in [0.5, 0.6) is 0 Å². The number of Topliss-reactive ketones (excluding diaryl/α,β-unsaturated/α-hetero) is 1. The van der Waals surface area contributed by atoms with Crippen LogP contribution in [-0.4, -0.2) is 33.4 Å². The molecule has 3 aromatic rings. The lowest BCUT2D eigenvalue weighted by Gasteiger charge is -2.29. The van der Waals surface area contributed by atoms with Gasteiger partial charge in [0.05, 0.1) is 28.3 Å². The maximum atomic E-state index is 12.9. The molecule has 1 amide bonds. The molecule has 0 saturated carbocycles. The Kier molecular flexibility index (Phi) is 5.17. The van der Waals surface area contributed by atoms with Crippen LogP contribution >= 0.6 is 0 Å². The van der Waals surface area contributed by atoms with Gasteiger partial charge >= 0.3 is 0 Å². The molecule has 160 valence electrons. The zero-order valence-electron chi connectivity index (χ0n) is 18.5. The van der Waals surface area contributed by atoms with Crippen molar-refractivity contribution in [2.45, 2.75) is 40.2 Å². The molecule has 6 nitrogen and oxygen atoms in total. The summed E-state index contributed by atoms with van der Waals surface area (Å²) in [6.07, 6.45) is 1.26. The second-order valence-corrected chi connectivity index (χ2v) is 9.18. The molecular formula is C25H28N4O2. The summed E-state index contributed by atoms with van der Waals surface area (Å²) in [6.45, 7) is 6.56. The summed E-state index contributed by atoms with van der Waals surface area (Å²) in [4.78, 5) is 27.3. The third-order valence-electron chi connectivity index (χ3n) is 5.83. The fourth-order valence-corrected chi connectivity index (χ4v) is 4.37. The number of rotatable bonds is 4. The Balaban J connectivity index is 1.64. The highest BCUT2D eigenvalue weighted by atomic mass is 16.2. The minimum Gasteiger partial charge on any atom is -0.397 e. The maximum Gasteiger partial charge on any atom is 0.253 e. The van der Waals surface area contributed by atoms with Crippen LogP contribution in [-0.2, 0) is 13.0 Å². The fraction of sp³-hybridized carbons (Fsp3) is 0.320. The second kappa shape index (κ2) is 7.69. The van der Waals surface area contributed by atoms with Crippen molar-refractivity contribution in [3.05, 3.63) is 76.6 Å². The molecule has 0 bridgehead atoms. The van der Waals surface area contributed by atoms with E-state index in [0.717, 1.165) is 23.4 Å². The number of nitrogens with zero attached hydrogens (tertiary/aromatic N) is 3. The van der Waals surface area contributed by atoms with E-state index >= 15 is 0 Å². The first-order chi connectivity index (χ1) is 14.7. The van der Waals surface area contributed by atoms with Crippen molar-refractivity contribution in [2.75, 3.05) is 12.8 Å². The van der Waals surface area contributed by atoms with E-state index in [1.165, 1.54) is 0 Å². The van der Waals surface area contributed by atoms with Crippen LogP contribution in [0.1, 0.15) is 57.9 Å². The van der Waals surface area contributed by atoms with Crippen molar-refractivity contribution in [1.82, 2.24) is 14.7 Å². The molecule has 0 spiro atoms. The summed E-state index contributed by atoms with van der Waals surface area (Å²) >= 11 is 0. The summed E-state index contributed by atoms with van der Waals surface area (Å²) in [7, 11) is 1.78. The number of hydrogen-bond donors (Lipinski definition) is 1. The summed E-state index contributed by atoms with van der Waals surface area (Å²) in [5.74, 6) is 0.0278. The van der Waals surface area contributed by atoms with Crippen molar-refractivity contribution >= 4 is 17.4 Å². The van der Waals surface area contributed by atoms with Gasteiger partial charge in [0.25, 0.3) is 5.91 Å². The number of benzene rings is 2. The smallest absolute Gasteiger partial charge is 0.253 e. The van der Waals surface area contributed by atoms with Crippen molar-refractivity contribution < 1.29 is 9.59 Å². The lowest BCUT2D eigenvalue weighted by molar-refractivity contribution is 0.0784. The number of carbonyl (C=O) groups is 2. The number of fused-ring (bicyclic) bond motifs is 1. The van der Waals surface area contributed by atoms with Gasteiger partial charge in [0.2, 0.25) is 0 Å². The Morgan fingerprint density at radius 1 is 1.16 bits per heavy atom. The van der Waals surface area contributed by atoms with Crippen molar-refractivity contribution in [3.63, 3.8) is 0 Å². The van der Waals surface area contributed by atoms with E-state index in [1.54, 1.807) is 28.8 Å². The molecule has 6 heteroatoms. The van der Waals surface area contributed by atoms with Crippen LogP contribution < -0.4 is 5.73 Å². The molecule has 2 aromatic carbocycles. The summed E-state index contributed by atoms with van der Waals surface area (Å²) in [5.41, 5.74) is 11.3. The third-order valence-corrected chi connectivity index (χ3v) is 5.83. The number of nitrogens with two attached hydrogens (primary N) is 1. The molecule has 0 fully saturated rings. The Morgan fingerprint density at radius 2 is 1.87 bits per heavy atom. The number of ketones is 1. The van der Waals surface area contributed by atoms with Crippen molar-refractivity contribution in [1.29, 1.82) is 0 Å². The Morgan fingerprint density at radius 3 is 2.55 bits per heavy atom. The van der Waals surface area contributed by atoms with Crippen LogP contribution in [0.4, 0.5) is 5.69 Å². The number of aryl methyl sites for hydroxylation is 1. The van der Waals surface area contributed by atoms with Gasteiger partial charge in [-0.1, -0.05) is 44.2 Å². The van der Waals surface area contributed by atoms with Crippen LogP contribution in [0, 0.1) is 12.3 Å². The van der Waals surface area contributed by atoms with Crippen molar-refractivity contribution in [3.8, 4) is 5.69 Å². The SMILES string of the molecule is Cc1nn(-c2ccc(C(=O)N(C)Cc3ccccc3)cc2N)c2c1C(=O)CC(C)(C)C2. The van der Waals surface area contributed by atoms with Crippen LogP contribution in [0.3, 0.4) is 0 Å². The predicted octanol–water partition coefficient (Wildman–Crippen LogP) is 4.19. The third kappa shape index (κ3) is 3.98. The van der Waals surface area contributed by atoms with Crippen LogP contribution in [0.25, 0.3) is 5.69 Å². The lowest BCUT2D eigenvalue weighted by Crippen LogP contribution is -2.28. The number of amides is 1. The first-order valence-electron chi connectivity index (χ1n) is 10.5. The Bertz CT molecular complexity index is 1160. The van der Waals surface area contributed by atoms with Gasteiger partial charge in [-0.15, -0.1) is 0 Å². The molecule has 1 aliphatic carbocycles.